The molecule has 17 heavy (non-hydrogen) atoms. The summed E-state index contributed by atoms with van der Waals surface area (Å²) >= 11 is 3.33. The van der Waals surface area contributed by atoms with E-state index >= 15 is 0 Å². The van der Waals surface area contributed by atoms with E-state index in [1.807, 2.05) is 18.3 Å². The number of aromatic nitrogens is 1. The lowest BCUT2D eigenvalue weighted by molar-refractivity contribution is 0.175. The molecule has 0 aliphatic carbocycles. The lowest BCUT2D eigenvalue weighted by Crippen LogP contribution is -2.45. The Bertz CT molecular complexity index is 392. The highest BCUT2D eigenvalue weighted by Crippen LogP contribution is 2.24. The van der Waals surface area contributed by atoms with Crippen molar-refractivity contribution in [2.45, 2.75) is 12.5 Å². The zero-order valence-electron chi connectivity index (χ0n) is 9.56. The Morgan fingerprint density at radius 3 is 2.82 bits per heavy atom. The van der Waals surface area contributed by atoms with Crippen LogP contribution in [-0.2, 0) is 0 Å². The van der Waals surface area contributed by atoms with Gasteiger partial charge in [0.2, 0.25) is 0 Å². The molecule has 1 atom stereocenters. The predicted octanol–water partition coefficient (Wildman–Crippen LogP) is 1.70. The molecule has 0 bridgehead atoms. The van der Waals surface area contributed by atoms with Crippen molar-refractivity contribution in [1.29, 1.82) is 5.26 Å². The van der Waals surface area contributed by atoms with Gasteiger partial charge in [0.05, 0.1) is 12.5 Å². The van der Waals surface area contributed by atoms with Gasteiger partial charge < -0.3 is 5.32 Å². The summed E-state index contributed by atoms with van der Waals surface area (Å²) in [6, 6.07) is 6.42. The highest BCUT2D eigenvalue weighted by molar-refractivity contribution is 9.10. The maximum atomic E-state index is 8.96. The Labute approximate surface area is 110 Å². The highest BCUT2D eigenvalue weighted by Gasteiger charge is 2.21. The molecule has 1 N–H and O–H groups in total. The first-order valence-corrected chi connectivity index (χ1v) is 6.53. The van der Waals surface area contributed by atoms with Crippen molar-refractivity contribution in [3.63, 3.8) is 0 Å². The van der Waals surface area contributed by atoms with E-state index in [4.69, 9.17) is 5.26 Å². The Hall–Kier alpha value is -0.960. The SMILES string of the molecule is N#CC[C@H](c1ccc(Br)nc1)N1CCNCC1. The van der Waals surface area contributed by atoms with Crippen LogP contribution in [-0.4, -0.2) is 36.1 Å². The number of hydrogen-bond acceptors (Lipinski definition) is 4. The third-order valence-corrected chi connectivity index (χ3v) is 3.48. The normalized spacial score (nSPS) is 18.6. The highest BCUT2D eigenvalue weighted by atomic mass is 79.9. The van der Waals surface area contributed by atoms with E-state index in [-0.39, 0.29) is 6.04 Å². The smallest absolute Gasteiger partial charge is 0.106 e. The second-order valence-corrected chi connectivity index (χ2v) is 4.89. The van der Waals surface area contributed by atoms with Crippen LogP contribution in [0.5, 0.6) is 0 Å². The van der Waals surface area contributed by atoms with Crippen LogP contribution in [0.4, 0.5) is 0 Å². The second kappa shape index (κ2) is 6.10. The van der Waals surface area contributed by atoms with Crippen LogP contribution >= 0.6 is 15.9 Å². The summed E-state index contributed by atoms with van der Waals surface area (Å²) in [6.45, 7) is 3.96. The van der Waals surface area contributed by atoms with Crippen molar-refractivity contribution in [1.82, 2.24) is 15.2 Å². The van der Waals surface area contributed by atoms with Gasteiger partial charge in [-0.25, -0.2) is 4.98 Å². The van der Waals surface area contributed by atoms with Gasteiger partial charge in [-0.1, -0.05) is 6.07 Å². The fraction of sp³-hybridized carbons (Fsp3) is 0.500. The Balaban J connectivity index is 2.15. The molecular formula is C12H15BrN4. The molecule has 1 saturated heterocycles. The van der Waals surface area contributed by atoms with Crippen molar-refractivity contribution < 1.29 is 0 Å². The van der Waals surface area contributed by atoms with Crippen LogP contribution in [0.2, 0.25) is 0 Å². The standard InChI is InChI=1S/C12H15BrN4/c13-12-2-1-10(9-16-12)11(3-4-14)17-7-5-15-6-8-17/h1-2,9,11,15H,3,5-8H2/t11-/m1/s1. The van der Waals surface area contributed by atoms with Gasteiger partial charge >= 0.3 is 0 Å². The third kappa shape index (κ3) is 3.25. The Morgan fingerprint density at radius 2 is 2.24 bits per heavy atom. The van der Waals surface area contributed by atoms with Gasteiger partial charge in [-0.3, -0.25) is 4.90 Å². The molecule has 1 aromatic rings. The summed E-state index contributed by atoms with van der Waals surface area (Å²) < 4.78 is 0.831. The molecule has 2 rings (SSSR count). The van der Waals surface area contributed by atoms with Gasteiger partial charge in [0, 0.05) is 38.4 Å². The van der Waals surface area contributed by atoms with Crippen LogP contribution in [0.25, 0.3) is 0 Å². The molecule has 4 nitrogen and oxygen atoms in total. The number of piperazine rings is 1. The average Bonchev–Trinajstić information content (AvgIpc) is 2.38. The first kappa shape index (κ1) is 12.5. The molecule has 0 amide bonds. The van der Waals surface area contributed by atoms with Gasteiger partial charge in [0.1, 0.15) is 4.60 Å². The topological polar surface area (TPSA) is 52.0 Å². The lowest BCUT2D eigenvalue weighted by Gasteiger charge is -2.33. The van der Waals surface area contributed by atoms with Crippen LogP contribution in [0.3, 0.4) is 0 Å². The molecule has 1 aliphatic rings. The number of halogens is 1. The molecule has 0 aromatic carbocycles. The lowest BCUT2D eigenvalue weighted by atomic mass is 10.0. The van der Waals surface area contributed by atoms with Gasteiger partial charge in [-0.2, -0.15) is 5.26 Å². The third-order valence-electron chi connectivity index (χ3n) is 3.01. The van der Waals surface area contributed by atoms with Crippen LogP contribution in [0.15, 0.2) is 22.9 Å². The maximum absolute atomic E-state index is 8.96. The van der Waals surface area contributed by atoms with E-state index in [1.54, 1.807) is 0 Å². The van der Waals surface area contributed by atoms with Crippen molar-refractivity contribution in [3.8, 4) is 6.07 Å². The zero-order chi connectivity index (χ0) is 12.1. The summed E-state index contributed by atoms with van der Waals surface area (Å²) in [5.41, 5.74) is 1.12. The van der Waals surface area contributed by atoms with Crippen molar-refractivity contribution in [2.24, 2.45) is 0 Å². The molecule has 90 valence electrons. The maximum Gasteiger partial charge on any atom is 0.106 e. The van der Waals surface area contributed by atoms with Gasteiger partial charge in [-0.15, -0.1) is 0 Å². The number of rotatable bonds is 3. The van der Waals surface area contributed by atoms with E-state index < -0.39 is 0 Å². The van der Waals surface area contributed by atoms with Crippen LogP contribution in [0.1, 0.15) is 18.0 Å². The summed E-state index contributed by atoms with van der Waals surface area (Å²) in [5, 5.41) is 12.3. The number of hydrogen-bond donors (Lipinski definition) is 1. The van der Waals surface area contributed by atoms with Gasteiger partial charge in [0.25, 0.3) is 0 Å². The molecule has 0 unspecified atom stereocenters. The minimum absolute atomic E-state index is 0.169. The average molecular weight is 295 g/mol. The zero-order valence-corrected chi connectivity index (χ0v) is 11.2. The van der Waals surface area contributed by atoms with E-state index in [0.717, 1.165) is 36.3 Å². The molecule has 1 aromatic heterocycles. The van der Waals surface area contributed by atoms with Crippen LogP contribution in [0, 0.1) is 11.3 Å². The van der Waals surface area contributed by atoms with E-state index in [2.05, 4.69) is 37.2 Å². The Kier molecular flexibility index (Phi) is 4.49. The number of nitriles is 1. The fourth-order valence-corrected chi connectivity index (χ4v) is 2.36. The van der Waals surface area contributed by atoms with E-state index in [9.17, 15) is 0 Å². The predicted molar refractivity (Wildman–Crippen MR) is 69.4 cm³/mol. The summed E-state index contributed by atoms with van der Waals surface area (Å²) in [7, 11) is 0. The summed E-state index contributed by atoms with van der Waals surface area (Å²) in [6.07, 6.45) is 2.37. The van der Waals surface area contributed by atoms with E-state index in [0.29, 0.717) is 6.42 Å². The first-order chi connectivity index (χ1) is 8.31. The van der Waals surface area contributed by atoms with Crippen molar-refractivity contribution in [3.05, 3.63) is 28.5 Å². The van der Waals surface area contributed by atoms with Crippen molar-refractivity contribution >= 4 is 15.9 Å². The first-order valence-electron chi connectivity index (χ1n) is 5.74. The van der Waals surface area contributed by atoms with E-state index in [1.165, 1.54) is 0 Å². The van der Waals surface area contributed by atoms with Crippen molar-refractivity contribution in [2.75, 3.05) is 26.2 Å². The quantitative estimate of drug-likeness (QED) is 0.862. The molecule has 0 spiro atoms. The molecule has 2 heterocycles. The molecule has 1 fully saturated rings. The molecular weight excluding hydrogens is 280 g/mol. The van der Waals surface area contributed by atoms with Gasteiger partial charge in [0.15, 0.2) is 0 Å². The molecule has 5 heteroatoms. The molecule has 0 radical (unpaired) electrons. The number of nitrogens with one attached hydrogen (secondary N) is 1. The van der Waals surface area contributed by atoms with Crippen LogP contribution < -0.4 is 5.32 Å². The number of nitrogens with zero attached hydrogens (tertiary/aromatic N) is 3. The Morgan fingerprint density at radius 1 is 1.47 bits per heavy atom. The largest absolute Gasteiger partial charge is 0.314 e. The summed E-state index contributed by atoms with van der Waals surface area (Å²) in [4.78, 5) is 6.59. The fourth-order valence-electron chi connectivity index (χ4n) is 2.12. The molecule has 0 saturated carbocycles. The minimum Gasteiger partial charge on any atom is -0.314 e. The number of pyridine rings is 1. The second-order valence-electron chi connectivity index (χ2n) is 4.08. The van der Waals surface area contributed by atoms with Gasteiger partial charge in [-0.05, 0) is 27.6 Å². The monoisotopic (exact) mass is 294 g/mol. The summed E-state index contributed by atoms with van der Waals surface area (Å²) in [5.74, 6) is 0. The molecule has 1 aliphatic heterocycles. The minimum atomic E-state index is 0.169.